The number of hydrogen-bond donors (Lipinski definition) is 2. The maximum absolute atomic E-state index is 12.2. The van der Waals surface area contributed by atoms with E-state index in [4.69, 9.17) is 9.84 Å². The second-order valence-electron chi connectivity index (χ2n) is 5.13. The number of anilines is 1. The number of carbonyl (C=O) groups excluding carboxylic acids is 1. The fourth-order valence-electron chi connectivity index (χ4n) is 1.89. The number of rotatable bonds is 8. The van der Waals surface area contributed by atoms with Gasteiger partial charge >= 0.3 is 5.97 Å². The van der Waals surface area contributed by atoms with Crippen molar-refractivity contribution in [3.63, 3.8) is 0 Å². The maximum atomic E-state index is 12.2. The second kappa shape index (κ2) is 8.98. The number of carboxylic acid groups (broad SMARTS) is 1. The smallest absolute Gasteiger partial charge is 0.341 e. The van der Waals surface area contributed by atoms with Crippen molar-refractivity contribution in [2.45, 2.75) is 17.9 Å². The minimum Gasteiger partial charge on any atom is -0.482 e. The first-order valence-corrected chi connectivity index (χ1v) is 8.50. The van der Waals surface area contributed by atoms with Crippen molar-refractivity contribution in [1.29, 1.82) is 0 Å². The Balaban J connectivity index is 1.81. The molecule has 0 saturated carbocycles. The van der Waals surface area contributed by atoms with Crippen LogP contribution >= 0.6 is 11.8 Å². The van der Waals surface area contributed by atoms with Gasteiger partial charge in [-0.1, -0.05) is 30.3 Å². The monoisotopic (exact) mass is 345 g/mol. The minimum absolute atomic E-state index is 0.0739. The van der Waals surface area contributed by atoms with E-state index >= 15 is 0 Å². The lowest BCUT2D eigenvalue weighted by Crippen LogP contribution is -2.22. The van der Waals surface area contributed by atoms with Crippen LogP contribution in [0.1, 0.15) is 12.5 Å². The molecule has 1 unspecified atom stereocenters. The molecule has 6 heteroatoms. The van der Waals surface area contributed by atoms with Gasteiger partial charge < -0.3 is 15.2 Å². The van der Waals surface area contributed by atoms with Crippen molar-refractivity contribution in [2.75, 3.05) is 11.9 Å². The Hall–Kier alpha value is -2.47. The van der Waals surface area contributed by atoms with E-state index in [-0.39, 0.29) is 11.2 Å². The Kier molecular flexibility index (Phi) is 6.69. The molecule has 24 heavy (non-hydrogen) atoms. The van der Waals surface area contributed by atoms with Gasteiger partial charge in [-0.05, 0) is 36.8 Å². The zero-order chi connectivity index (χ0) is 17.4. The van der Waals surface area contributed by atoms with Crippen molar-refractivity contribution in [3.05, 3.63) is 60.2 Å². The number of thioether (sulfide) groups is 1. The Labute approximate surface area is 145 Å². The number of carboxylic acids is 1. The molecular formula is C18H19NO4S. The number of hydrogen-bond acceptors (Lipinski definition) is 4. The summed E-state index contributed by atoms with van der Waals surface area (Å²) in [5.74, 6) is 0.117. The normalized spacial score (nSPS) is 11.5. The van der Waals surface area contributed by atoms with E-state index in [9.17, 15) is 9.59 Å². The summed E-state index contributed by atoms with van der Waals surface area (Å²) in [6.45, 7) is 1.48. The molecule has 0 aromatic heterocycles. The van der Waals surface area contributed by atoms with E-state index in [2.05, 4.69) is 5.32 Å². The molecule has 2 rings (SSSR count). The lowest BCUT2D eigenvalue weighted by atomic mass is 10.2. The standard InChI is InChI=1S/C18H19NO4S/c1-13(24-12-14-5-3-2-4-6-14)18(22)19-15-7-9-16(10-8-15)23-11-17(20)21/h2-10,13H,11-12H2,1H3,(H,19,22)(H,20,21). The summed E-state index contributed by atoms with van der Waals surface area (Å²) in [4.78, 5) is 22.6. The summed E-state index contributed by atoms with van der Waals surface area (Å²) in [6.07, 6.45) is 0. The molecule has 0 saturated heterocycles. The maximum Gasteiger partial charge on any atom is 0.341 e. The predicted molar refractivity (Wildman–Crippen MR) is 95.4 cm³/mol. The van der Waals surface area contributed by atoms with Gasteiger partial charge in [0, 0.05) is 11.4 Å². The highest BCUT2D eigenvalue weighted by molar-refractivity contribution is 7.99. The van der Waals surface area contributed by atoms with Gasteiger partial charge in [-0.3, -0.25) is 4.79 Å². The number of aliphatic carboxylic acids is 1. The van der Waals surface area contributed by atoms with Gasteiger partial charge in [0.15, 0.2) is 6.61 Å². The molecule has 2 N–H and O–H groups in total. The summed E-state index contributed by atoms with van der Waals surface area (Å²) in [5.41, 5.74) is 1.83. The van der Waals surface area contributed by atoms with Gasteiger partial charge in [0.05, 0.1) is 5.25 Å². The van der Waals surface area contributed by atoms with E-state index in [1.165, 1.54) is 5.56 Å². The van der Waals surface area contributed by atoms with Crippen LogP contribution in [0.2, 0.25) is 0 Å². The first kappa shape index (κ1) is 17.9. The first-order chi connectivity index (χ1) is 11.5. The summed E-state index contributed by atoms with van der Waals surface area (Å²) < 4.78 is 5.05. The quantitative estimate of drug-likeness (QED) is 0.767. The largest absolute Gasteiger partial charge is 0.482 e. The van der Waals surface area contributed by atoms with Crippen molar-refractivity contribution in [2.24, 2.45) is 0 Å². The van der Waals surface area contributed by atoms with Crippen LogP contribution in [-0.2, 0) is 15.3 Å². The third kappa shape index (κ3) is 5.96. The molecule has 0 aliphatic carbocycles. The van der Waals surface area contributed by atoms with Gasteiger partial charge in [-0.15, -0.1) is 11.8 Å². The molecule has 2 aromatic carbocycles. The summed E-state index contributed by atoms with van der Waals surface area (Å²) in [6, 6.07) is 16.6. The van der Waals surface area contributed by atoms with Gasteiger partial charge in [0.1, 0.15) is 5.75 Å². The third-order valence-corrected chi connectivity index (χ3v) is 4.41. The Morgan fingerprint density at radius 2 is 1.79 bits per heavy atom. The fourth-order valence-corrected chi connectivity index (χ4v) is 2.74. The molecular weight excluding hydrogens is 326 g/mol. The van der Waals surface area contributed by atoms with Crippen molar-refractivity contribution in [3.8, 4) is 5.75 Å². The van der Waals surface area contributed by atoms with Crippen molar-refractivity contribution >= 4 is 29.3 Å². The van der Waals surface area contributed by atoms with Crippen molar-refractivity contribution < 1.29 is 19.4 Å². The summed E-state index contributed by atoms with van der Waals surface area (Å²) >= 11 is 1.57. The molecule has 5 nitrogen and oxygen atoms in total. The Morgan fingerprint density at radius 3 is 2.42 bits per heavy atom. The molecule has 0 aliphatic rings. The van der Waals surface area contributed by atoms with E-state index < -0.39 is 12.6 Å². The fraction of sp³-hybridized carbons (Fsp3) is 0.222. The molecule has 1 atom stereocenters. The van der Waals surface area contributed by atoms with Crippen LogP contribution in [0.3, 0.4) is 0 Å². The van der Waals surface area contributed by atoms with Crippen LogP contribution in [-0.4, -0.2) is 28.8 Å². The minimum atomic E-state index is -1.03. The number of carbonyl (C=O) groups is 2. The van der Waals surface area contributed by atoms with Gasteiger partial charge in [-0.2, -0.15) is 0 Å². The van der Waals surface area contributed by atoms with Gasteiger partial charge in [0.25, 0.3) is 0 Å². The van der Waals surface area contributed by atoms with Crippen LogP contribution in [0.4, 0.5) is 5.69 Å². The Morgan fingerprint density at radius 1 is 1.12 bits per heavy atom. The van der Waals surface area contributed by atoms with E-state index in [1.54, 1.807) is 36.0 Å². The number of nitrogens with one attached hydrogen (secondary N) is 1. The molecule has 0 radical (unpaired) electrons. The summed E-state index contributed by atoms with van der Waals surface area (Å²) in [5, 5.41) is 11.2. The first-order valence-electron chi connectivity index (χ1n) is 7.45. The molecule has 0 heterocycles. The highest BCUT2D eigenvalue weighted by atomic mass is 32.2. The van der Waals surface area contributed by atoms with Crippen LogP contribution in [0.15, 0.2) is 54.6 Å². The molecule has 0 spiro atoms. The summed E-state index contributed by atoms with van der Waals surface area (Å²) in [7, 11) is 0. The SMILES string of the molecule is CC(SCc1ccccc1)C(=O)Nc1ccc(OCC(=O)O)cc1. The van der Waals surface area contributed by atoms with Crippen LogP contribution in [0.5, 0.6) is 5.75 Å². The number of amides is 1. The van der Waals surface area contributed by atoms with Crippen LogP contribution in [0.25, 0.3) is 0 Å². The topological polar surface area (TPSA) is 75.6 Å². The van der Waals surface area contributed by atoms with Crippen LogP contribution in [0, 0.1) is 0 Å². The molecule has 0 aliphatic heterocycles. The second-order valence-corrected chi connectivity index (χ2v) is 6.46. The Bertz CT molecular complexity index is 673. The van der Waals surface area contributed by atoms with E-state index in [0.717, 1.165) is 5.75 Å². The molecule has 0 bridgehead atoms. The highest BCUT2D eigenvalue weighted by Crippen LogP contribution is 2.20. The van der Waals surface area contributed by atoms with E-state index in [0.29, 0.717) is 11.4 Å². The average Bonchev–Trinajstić information content (AvgIpc) is 2.59. The molecule has 2 aromatic rings. The number of ether oxygens (including phenoxy) is 1. The molecule has 0 fully saturated rings. The van der Waals surface area contributed by atoms with Gasteiger partial charge in [-0.25, -0.2) is 4.79 Å². The van der Waals surface area contributed by atoms with Crippen LogP contribution < -0.4 is 10.1 Å². The predicted octanol–water partition coefficient (Wildman–Crippen LogP) is 3.41. The molecule has 126 valence electrons. The lowest BCUT2D eigenvalue weighted by molar-refractivity contribution is -0.139. The van der Waals surface area contributed by atoms with E-state index in [1.807, 2.05) is 37.3 Å². The third-order valence-electron chi connectivity index (χ3n) is 3.20. The highest BCUT2D eigenvalue weighted by Gasteiger charge is 2.13. The van der Waals surface area contributed by atoms with Gasteiger partial charge in [0.2, 0.25) is 5.91 Å². The zero-order valence-corrected chi connectivity index (χ0v) is 14.1. The molecule has 1 amide bonds. The zero-order valence-electron chi connectivity index (χ0n) is 13.3. The van der Waals surface area contributed by atoms with Crippen molar-refractivity contribution in [1.82, 2.24) is 0 Å². The lowest BCUT2D eigenvalue weighted by Gasteiger charge is -2.12. The average molecular weight is 345 g/mol. The number of benzene rings is 2.